The Hall–Kier alpha value is -1.62. The Morgan fingerprint density at radius 2 is 2.14 bits per heavy atom. The van der Waals surface area contributed by atoms with Crippen LogP contribution >= 0.6 is 0 Å². The molecule has 1 aromatic heterocycles. The quantitative estimate of drug-likeness (QED) is 0.849. The van der Waals surface area contributed by atoms with E-state index in [0.717, 1.165) is 31.5 Å². The van der Waals surface area contributed by atoms with Gasteiger partial charge in [0.15, 0.2) is 0 Å². The highest BCUT2D eigenvalue weighted by Gasteiger charge is 2.24. The highest BCUT2D eigenvalue weighted by atomic mass is 16.2. The number of pyridine rings is 1. The highest BCUT2D eigenvalue weighted by Crippen LogP contribution is 2.28. The molecular formula is C16H23N3O2. The molecule has 5 heteroatoms. The summed E-state index contributed by atoms with van der Waals surface area (Å²) >= 11 is 0. The van der Waals surface area contributed by atoms with Crippen molar-refractivity contribution < 1.29 is 4.79 Å². The molecule has 2 aliphatic carbocycles. The molecule has 0 aliphatic heterocycles. The van der Waals surface area contributed by atoms with Gasteiger partial charge in [0, 0.05) is 24.3 Å². The zero-order valence-electron chi connectivity index (χ0n) is 12.5. The number of hydrogen-bond donors (Lipinski definition) is 2. The van der Waals surface area contributed by atoms with Crippen LogP contribution in [0.3, 0.4) is 0 Å². The lowest BCUT2D eigenvalue weighted by molar-refractivity contribution is -0.121. The van der Waals surface area contributed by atoms with Crippen molar-refractivity contribution in [1.82, 2.24) is 15.2 Å². The Morgan fingerprint density at radius 3 is 2.86 bits per heavy atom. The van der Waals surface area contributed by atoms with E-state index in [1.165, 1.54) is 18.4 Å². The molecule has 0 radical (unpaired) electrons. The normalized spacial score (nSPS) is 20.9. The van der Waals surface area contributed by atoms with Gasteiger partial charge in [-0.05, 0) is 50.6 Å². The summed E-state index contributed by atoms with van der Waals surface area (Å²) in [5.74, 6) is 0.605. The number of nitrogens with zero attached hydrogens (tertiary/aromatic N) is 1. The number of amides is 1. The van der Waals surface area contributed by atoms with Crippen molar-refractivity contribution in [3.05, 3.63) is 33.7 Å². The maximum atomic E-state index is 12.1. The Bertz CT molecular complexity index is 590. The van der Waals surface area contributed by atoms with Crippen LogP contribution in [0.2, 0.25) is 0 Å². The smallest absolute Gasteiger partial charge is 0.251 e. The molecular weight excluding hydrogens is 266 g/mol. The predicted molar refractivity (Wildman–Crippen MR) is 81.2 cm³/mol. The van der Waals surface area contributed by atoms with Crippen molar-refractivity contribution in [2.45, 2.75) is 44.7 Å². The molecule has 21 heavy (non-hydrogen) atoms. The van der Waals surface area contributed by atoms with Crippen molar-refractivity contribution >= 4 is 5.91 Å². The van der Waals surface area contributed by atoms with Crippen LogP contribution in [0.5, 0.6) is 0 Å². The van der Waals surface area contributed by atoms with Crippen molar-refractivity contribution in [2.24, 2.45) is 5.92 Å². The van der Waals surface area contributed by atoms with Crippen molar-refractivity contribution in [3.63, 3.8) is 0 Å². The van der Waals surface area contributed by atoms with Gasteiger partial charge in [0.05, 0.1) is 0 Å². The molecule has 1 aromatic rings. The summed E-state index contributed by atoms with van der Waals surface area (Å²) in [6.07, 6.45) is 5.43. The minimum atomic E-state index is -0.0768. The average molecular weight is 289 g/mol. The Labute approximate surface area is 124 Å². The van der Waals surface area contributed by atoms with Gasteiger partial charge in [-0.1, -0.05) is 6.07 Å². The summed E-state index contributed by atoms with van der Waals surface area (Å²) in [5, 5.41) is 6.23. The first-order chi connectivity index (χ1) is 10.2. The third-order valence-electron chi connectivity index (χ3n) is 4.55. The number of nitrogens with one attached hydrogen (secondary N) is 2. The molecule has 1 atom stereocenters. The first kappa shape index (κ1) is 14.3. The van der Waals surface area contributed by atoms with Crippen LogP contribution in [0.15, 0.2) is 16.9 Å². The van der Waals surface area contributed by atoms with E-state index in [1.54, 1.807) is 10.6 Å². The van der Waals surface area contributed by atoms with Gasteiger partial charge in [-0.2, -0.15) is 0 Å². The first-order valence-electron chi connectivity index (χ1n) is 7.85. The van der Waals surface area contributed by atoms with Crippen LogP contribution in [0.25, 0.3) is 0 Å². The van der Waals surface area contributed by atoms with Crippen molar-refractivity contribution in [2.75, 3.05) is 13.6 Å². The van der Waals surface area contributed by atoms with Crippen LogP contribution in [0.1, 0.15) is 43.0 Å². The van der Waals surface area contributed by atoms with E-state index in [0.29, 0.717) is 5.92 Å². The fourth-order valence-corrected chi connectivity index (χ4v) is 3.11. The molecule has 5 nitrogen and oxygen atoms in total. The molecule has 1 fully saturated rings. The number of carbonyl (C=O) groups is 1. The van der Waals surface area contributed by atoms with E-state index in [1.807, 2.05) is 13.1 Å². The number of rotatable bonds is 5. The minimum absolute atomic E-state index is 0.0519. The standard InChI is InChI=1S/C16H23N3O2/c1-17-13-3-2-4-14-12(13)7-8-16(21)19(14)10-15(20)18-9-11-5-6-11/h7-8,11,13,17H,2-6,9-10H2,1H3,(H,18,20). The Kier molecular flexibility index (Phi) is 4.10. The zero-order valence-corrected chi connectivity index (χ0v) is 12.5. The van der Waals surface area contributed by atoms with Gasteiger partial charge in [-0.15, -0.1) is 0 Å². The monoisotopic (exact) mass is 289 g/mol. The summed E-state index contributed by atoms with van der Waals surface area (Å²) < 4.78 is 1.65. The summed E-state index contributed by atoms with van der Waals surface area (Å²) in [6, 6.07) is 3.79. The number of fused-ring (bicyclic) bond motifs is 1. The summed E-state index contributed by atoms with van der Waals surface area (Å²) in [5.41, 5.74) is 2.11. The number of carbonyl (C=O) groups excluding carboxylic acids is 1. The third kappa shape index (κ3) is 3.18. The highest BCUT2D eigenvalue weighted by molar-refractivity contribution is 5.75. The van der Waals surface area contributed by atoms with E-state index in [-0.39, 0.29) is 24.1 Å². The molecule has 0 bridgehead atoms. The molecule has 1 unspecified atom stereocenters. The average Bonchev–Trinajstić information content (AvgIpc) is 3.31. The number of aromatic nitrogens is 1. The molecule has 1 amide bonds. The van der Waals surface area contributed by atoms with Gasteiger partial charge >= 0.3 is 0 Å². The van der Waals surface area contributed by atoms with E-state index >= 15 is 0 Å². The van der Waals surface area contributed by atoms with Crippen LogP contribution < -0.4 is 16.2 Å². The Morgan fingerprint density at radius 1 is 1.33 bits per heavy atom. The van der Waals surface area contributed by atoms with Crippen LogP contribution in [-0.4, -0.2) is 24.1 Å². The second-order valence-corrected chi connectivity index (χ2v) is 6.14. The van der Waals surface area contributed by atoms with Crippen LogP contribution in [0.4, 0.5) is 0 Å². The van der Waals surface area contributed by atoms with E-state index in [2.05, 4.69) is 10.6 Å². The predicted octanol–water partition coefficient (Wildman–Crippen LogP) is 0.971. The topological polar surface area (TPSA) is 63.1 Å². The van der Waals surface area contributed by atoms with Crippen LogP contribution in [-0.2, 0) is 17.8 Å². The van der Waals surface area contributed by atoms with Gasteiger partial charge in [0.25, 0.3) is 5.56 Å². The number of hydrogen-bond acceptors (Lipinski definition) is 3. The fraction of sp³-hybridized carbons (Fsp3) is 0.625. The summed E-state index contributed by atoms with van der Waals surface area (Å²) in [4.78, 5) is 24.2. The second-order valence-electron chi connectivity index (χ2n) is 6.14. The molecule has 0 saturated heterocycles. The van der Waals surface area contributed by atoms with Gasteiger partial charge in [-0.25, -0.2) is 0 Å². The molecule has 114 valence electrons. The summed E-state index contributed by atoms with van der Waals surface area (Å²) in [6.45, 7) is 0.896. The van der Waals surface area contributed by atoms with Gasteiger partial charge in [0.1, 0.15) is 6.54 Å². The van der Waals surface area contributed by atoms with Gasteiger partial charge in [0.2, 0.25) is 5.91 Å². The van der Waals surface area contributed by atoms with Gasteiger partial charge in [-0.3, -0.25) is 9.59 Å². The molecule has 0 spiro atoms. The van der Waals surface area contributed by atoms with E-state index < -0.39 is 0 Å². The SMILES string of the molecule is CNC1CCCc2c1ccc(=O)n2CC(=O)NCC1CC1. The molecule has 1 saturated carbocycles. The fourth-order valence-electron chi connectivity index (χ4n) is 3.11. The molecule has 1 heterocycles. The Balaban J connectivity index is 1.80. The molecule has 2 aliphatic rings. The van der Waals surface area contributed by atoms with Gasteiger partial charge < -0.3 is 15.2 Å². The maximum Gasteiger partial charge on any atom is 0.251 e. The lowest BCUT2D eigenvalue weighted by atomic mass is 9.91. The minimum Gasteiger partial charge on any atom is -0.354 e. The first-order valence-corrected chi connectivity index (χ1v) is 7.85. The zero-order chi connectivity index (χ0) is 14.8. The lowest BCUT2D eigenvalue weighted by Crippen LogP contribution is -2.36. The molecule has 3 rings (SSSR count). The van der Waals surface area contributed by atoms with E-state index in [9.17, 15) is 9.59 Å². The third-order valence-corrected chi connectivity index (χ3v) is 4.55. The molecule has 2 N–H and O–H groups in total. The van der Waals surface area contributed by atoms with Crippen molar-refractivity contribution in [1.29, 1.82) is 0 Å². The summed E-state index contributed by atoms with van der Waals surface area (Å²) in [7, 11) is 1.94. The lowest BCUT2D eigenvalue weighted by Gasteiger charge is -2.27. The maximum absolute atomic E-state index is 12.1. The largest absolute Gasteiger partial charge is 0.354 e. The van der Waals surface area contributed by atoms with Crippen LogP contribution in [0, 0.1) is 5.92 Å². The second kappa shape index (κ2) is 6.02. The molecule has 0 aromatic carbocycles. The van der Waals surface area contributed by atoms with Crippen molar-refractivity contribution in [3.8, 4) is 0 Å². The van der Waals surface area contributed by atoms with E-state index in [4.69, 9.17) is 0 Å².